The Morgan fingerprint density at radius 3 is 2.65 bits per heavy atom. The predicted octanol–water partition coefficient (Wildman–Crippen LogP) is 2.78. The Hall–Kier alpha value is -1.09. The van der Waals surface area contributed by atoms with E-state index in [-0.39, 0.29) is 12.1 Å². The number of aldehydes is 1. The molecule has 2 rings (SSSR count). The van der Waals surface area contributed by atoms with Crippen molar-refractivity contribution in [3.8, 4) is 0 Å². The van der Waals surface area contributed by atoms with Crippen molar-refractivity contribution in [2.24, 2.45) is 0 Å². The van der Waals surface area contributed by atoms with Crippen molar-refractivity contribution in [3.05, 3.63) is 23.0 Å². The summed E-state index contributed by atoms with van der Waals surface area (Å²) in [5.41, 5.74) is 2.82. The Balaban J connectivity index is 2.37. The van der Waals surface area contributed by atoms with Gasteiger partial charge in [-0.1, -0.05) is 19.3 Å². The number of hydrogen-bond donors (Lipinski definition) is 1. The van der Waals surface area contributed by atoms with Crippen molar-refractivity contribution in [1.82, 2.24) is 4.57 Å². The van der Waals surface area contributed by atoms with Crippen LogP contribution in [-0.4, -0.2) is 22.1 Å². The topological polar surface area (TPSA) is 42.2 Å². The minimum absolute atomic E-state index is 0.145. The van der Waals surface area contributed by atoms with E-state index in [2.05, 4.69) is 4.57 Å². The number of aliphatic hydroxyl groups is 1. The Bertz CT molecular complexity index is 409. The van der Waals surface area contributed by atoms with Crippen molar-refractivity contribution in [2.45, 2.75) is 58.1 Å². The molecule has 3 heteroatoms. The third kappa shape index (κ3) is 2.29. The van der Waals surface area contributed by atoms with Crippen LogP contribution < -0.4 is 0 Å². The van der Waals surface area contributed by atoms with Crippen molar-refractivity contribution >= 4 is 6.29 Å². The maximum Gasteiger partial charge on any atom is 0.151 e. The fraction of sp³-hybridized carbons (Fsp3) is 0.643. The first-order valence-electron chi connectivity index (χ1n) is 6.47. The zero-order chi connectivity index (χ0) is 12.4. The molecule has 0 aromatic carbocycles. The molecule has 1 aromatic heterocycles. The van der Waals surface area contributed by atoms with Gasteiger partial charge in [0.15, 0.2) is 6.29 Å². The van der Waals surface area contributed by atoms with E-state index in [1.54, 1.807) is 0 Å². The fourth-order valence-electron chi connectivity index (χ4n) is 3.00. The smallest absolute Gasteiger partial charge is 0.151 e. The first-order valence-corrected chi connectivity index (χ1v) is 6.47. The van der Waals surface area contributed by atoms with Gasteiger partial charge in [0.25, 0.3) is 0 Å². The van der Waals surface area contributed by atoms with Gasteiger partial charge in [0.1, 0.15) is 0 Å². The lowest BCUT2D eigenvalue weighted by molar-refractivity contribution is 0.103. The van der Waals surface area contributed by atoms with E-state index in [0.29, 0.717) is 0 Å². The molecule has 1 saturated carbocycles. The monoisotopic (exact) mass is 235 g/mol. The number of carbonyl (C=O) groups is 1. The van der Waals surface area contributed by atoms with Crippen molar-refractivity contribution < 1.29 is 9.90 Å². The SMILES string of the molecule is Cc1cc(C=O)c(C)n1C1CCCCCC1O. The van der Waals surface area contributed by atoms with Crippen LogP contribution in [0.4, 0.5) is 0 Å². The van der Waals surface area contributed by atoms with Crippen molar-refractivity contribution in [2.75, 3.05) is 0 Å². The molecule has 17 heavy (non-hydrogen) atoms. The molecule has 2 atom stereocenters. The highest BCUT2D eigenvalue weighted by Crippen LogP contribution is 2.31. The molecule has 1 N–H and O–H groups in total. The van der Waals surface area contributed by atoms with E-state index in [9.17, 15) is 9.90 Å². The molecular weight excluding hydrogens is 214 g/mol. The van der Waals surface area contributed by atoms with Crippen LogP contribution in [0.5, 0.6) is 0 Å². The van der Waals surface area contributed by atoms with Gasteiger partial charge in [-0.05, 0) is 32.8 Å². The number of hydrogen-bond acceptors (Lipinski definition) is 2. The number of nitrogens with zero attached hydrogens (tertiary/aromatic N) is 1. The van der Waals surface area contributed by atoms with Crippen LogP contribution in [0, 0.1) is 13.8 Å². The third-order valence-electron chi connectivity index (χ3n) is 3.93. The van der Waals surface area contributed by atoms with Crippen LogP contribution in [0.1, 0.15) is 59.9 Å². The minimum atomic E-state index is -0.276. The molecule has 2 unspecified atom stereocenters. The molecule has 1 heterocycles. The van der Waals surface area contributed by atoms with Gasteiger partial charge in [-0.3, -0.25) is 4.79 Å². The molecule has 0 radical (unpaired) electrons. The van der Waals surface area contributed by atoms with E-state index in [1.165, 1.54) is 6.42 Å². The first-order chi connectivity index (χ1) is 8.15. The van der Waals surface area contributed by atoms with Gasteiger partial charge >= 0.3 is 0 Å². The van der Waals surface area contributed by atoms with Crippen LogP contribution in [0.25, 0.3) is 0 Å². The number of carbonyl (C=O) groups excluding carboxylic acids is 1. The summed E-state index contributed by atoms with van der Waals surface area (Å²) in [7, 11) is 0. The molecule has 0 spiro atoms. The summed E-state index contributed by atoms with van der Waals surface area (Å²) in [6, 6.07) is 2.06. The van der Waals surface area contributed by atoms with Gasteiger partial charge in [0.2, 0.25) is 0 Å². The molecular formula is C14H21NO2. The summed E-state index contributed by atoms with van der Waals surface area (Å²) in [5.74, 6) is 0. The molecule has 0 bridgehead atoms. The molecule has 94 valence electrons. The summed E-state index contributed by atoms with van der Waals surface area (Å²) < 4.78 is 2.15. The van der Waals surface area contributed by atoms with Crippen molar-refractivity contribution in [3.63, 3.8) is 0 Å². The summed E-state index contributed by atoms with van der Waals surface area (Å²) in [6.45, 7) is 3.98. The molecule has 1 aliphatic carbocycles. The standard InChI is InChI=1S/C14H21NO2/c1-10-8-12(9-16)11(2)15(10)13-6-4-3-5-7-14(13)17/h8-9,13-14,17H,3-7H2,1-2H3. The van der Waals surface area contributed by atoms with Crippen molar-refractivity contribution in [1.29, 1.82) is 0 Å². The summed E-state index contributed by atoms with van der Waals surface area (Å²) in [5, 5.41) is 10.2. The average Bonchev–Trinajstić information content (AvgIpc) is 2.48. The van der Waals surface area contributed by atoms with Gasteiger partial charge in [-0.25, -0.2) is 0 Å². The highest BCUT2D eigenvalue weighted by molar-refractivity contribution is 5.77. The second-order valence-electron chi connectivity index (χ2n) is 5.09. The average molecular weight is 235 g/mol. The number of aromatic nitrogens is 1. The quantitative estimate of drug-likeness (QED) is 0.632. The summed E-state index contributed by atoms with van der Waals surface area (Å²) in [6.07, 6.45) is 5.98. The molecule has 0 aliphatic heterocycles. The molecule has 3 nitrogen and oxygen atoms in total. The Kier molecular flexibility index (Phi) is 3.67. The second-order valence-corrected chi connectivity index (χ2v) is 5.09. The second kappa shape index (κ2) is 5.05. The third-order valence-corrected chi connectivity index (χ3v) is 3.93. The Labute approximate surface area is 102 Å². The van der Waals surface area contributed by atoms with Gasteiger partial charge < -0.3 is 9.67 Å². The van der Waals surface area contributed by atoms with Gasteiger partial charge in [-0.15, -0.1) is 0 Å². The van der Waals surface area contributed by atoms with Crippen LogP contribution in [0.15, 0.2) is 6.07 Å². The van der Waals surface area contributed by atoms with E-state index in [0.717, 1.165) is 48.9 Å². The lowest BCUT2D eigenvalue weighted by Crippen LogP contribution is -2.24. The van der Waals surface area contributed by atoms with Crippen LogP contribution in [-0.2, 0) is 0 Å². The largest absolute Gasteiger partial charge is 0.391 e. The Morgan fingerprint density at radius 1 is 1.29 bits per heavy atom. The van der Waals surface area contributed by atoms with E-state index in [1.807, 2.05) is 19.9 Å². The number of aliphatic hydroxyl groups excluding tert-OH is 1. The highest BCUT2D eigenvalue weighted by atomic mass is 16.3. The molecule has 1 fully saturated rings. The van der Waals surface area contributed by atoms with Gasteiger partial charge in [-0.2, -0.15) is 0 Å². The molecule has 1 aromatic rings. The number of aryl methyl sites for hydroxylation is 1. The lowest BCUT2D eigenvalue weighted by atomic mass is 10.1. The zero-order valence-corrected chi connectivity index (χ0v) is 10.6. The maximum absolute atomic E-state index is 10.9. The normalized spacial score (nSPS) is 25.6. The molecule has 1 aliphatic rings. The van der Waals surface area contributed by atoms with Gasteiger partial charge in [0, 0.05) is 17.0 Å². The summed E-state index contributed by atoms with van der Waals surface area (Å²) in [4.78, 5) is 10.9. The van der Waals surface area contributed by atoms with E-state index in [4.69, 9.17) is 0 Å². The van der Waals surface area contributed by atoms with Crippen LogP contribution in [0.3, 0.4) is 0 Å². The molecule has 0 amide bonds. The molecule has 0 saturated heterocycles. The lowest BCUT2D eigenvalue weighted by Gasteiger charge is -2.25. The van der Waals surface area contributed by atoms with Crippen LogP contribution >= 0.6 is 0 Å². The van der Waals surface area contributed by atoms with E-state index < -0.39 is 0 Å². The highest BCUT2D eigenvalue weighted by Gasteiger charge is 2.25. The minimum Gasteiger partial charge on any atom is -0.391 e. The van der Waals surface area contributed by atoms with Gasteiger partial charge in [0.05, 0.1) is 12.1 Å². The zero-order valence-electron chi connectivity index (χ0n) is 10.6. The Morgan fingerprint density at radius 2 is 2.00 bits per heavy atom. The van der Waals surface area contributed by atoms with Crippen LogP contribution in [0.2, 0.25) is 0 Å². The predicted molar refractivity (Wildman–Crippen MR) is 67.4 cm³/mol. The van der Waals surface area contributed by atoms with E-state index >= 15 is 0 Å². The fourth-order valence-corrected chi connectivity index (χ4v) is 3.00. The maximum atomic E-state index is 10.9. The number of rotatable bonds is 2. The first kappa shape index (κ1) is 12.4. The summed E-state index contributed by atoms with van der Waals surface area (Å²) >= 11 is 0.